The molecule has 0 aliphatic rings. The van der Waals surface area contributed by atoms with Gasteiger partial charge >= 0.3 is 0 Å². The SMILES string of the molecule is CCCc1ccc(Oc2ccc(/C=C/[C@H](C)CC(C)=O)cn2)c(OC)c1. The summed E-state index contributed by atoms with van der Waals surface area (Å²) in [6.45, 7) is 5.79. The molecule has 0 N–H and O–H groups in total. The molecule has 0 aliphatic heterocycles. The molecule has 1 aromatic heterocycles. The van der Waals surface area contributed by atoms with E-state index in [-0.39, 0.29) is 11.7 Å². The van der Waals surface area contributed by atoms with Gasteiger partial charge in [0, 0.05) is 18.7 Å². The summed E-state index contributed by atoms with van der Waals surface area (Å²) in [6, 6.07) is 9.75. The van der Waals surface area contributed by atoms with Crippen LogP contribution in [0.3, 0.4) is 0 Å². The van der Waals surface area contributed by atoms with Crippen molar-refractivity contribution in [3.8, 4) is 17.4 Å². The molecular weight excluding hydrogens is 326 g/mol. The molecule has 0 fully saturated rings. The number of rotatable bonds is 9. The van der Waals surface area contributed by atoms with Crippen molar-refractivity contribution in [2.45, 2.75) is 40.0 Å². The molecule has 2 aromatic rings. The molecule has 0 saturated carbocycles. The lowest BCUT2D eigenvalue weighted by molar-refractivity contribution is -0.117. The van der Waals surface area contributed by atoms with E-state index >= 15 is 0 Å². The lowest BCUT2D eigenvalue weighted by atomic mass is 10.0. The number of pyridine rings is 1. The fraction of sp³-hybridized carbons (Fsp3) is 0.364. The molecule has 0 unspecified atom stereocenters. The summed E-state index contributed by atoms with van der Waals surface area (Å²) in [7, 11) is 1.64. The number of ether oxygens (including phenoxy) is 2. The van der Waals surface area contributed by atoms with Crippen LogP contribution in [-0.4, -0.2) is 17.9 Å². The van der Waals surface area contributed by atoms with Gasteiger partial charge < -0.3 is 14.3 Å². The molecule has 0 aliphatic carbocycles. The van der Waals surface area contributed by atoms with Gasteiger partial charge in [0.1, 0.15) is 5.78 Å². The number of allylic oxidation sites excluding steroid dienone is 1. The van der Waals surface area contributed by atoms with Gasteiger partial charge in [-0.15, -0.1) is 0 Å². The van der Waals surface area contributed by atoms with E-state index in [1.165, 1.54) is 5.56 Å². The Balaban J connectivity index is 2.05. The summed E-state index contributed by atoms with van der Waals surface area (Å²) >= 11 is 0. The number of benzene rings is 1. The predicted octanol–water partition coefficient (Wildman–Crippen LogP) is 5.46. The molecular formula is C22H27NO3. The summed E-state index contributed by atoms with van der Waals surface area (Å²) in [5.74, 6) is 2.29. The van der Waals surface area contributed by atoms with Crippen LogP contribution in [-0.2, 0) is 11.2 Å². The van der Waals surface area contributed by atoms with Crippen LogP contribution in [0.5, 0.6) is 17.4 Å². The summed E-state index contributed by atoms with van der Waals surface area (Å²) in [4.78, 5) is 15.5. The van der Waals surface area contributed by atoms with Crippen LogP contribution in [0.2, 0.25) is 0 Å². The quantitative estimate of drug-likeness (QED) is 0.600. The third kappa shape index (κ3) is 6.03. The van der Waals surface area contributed by atoms with E-state index in [0.717, 1.165) is 18.4 Å². The first-order valence-electron chi connectivity index (χ1n) is 9.00. The van der Waals surface area contributed by atoms with E-state index in [0.29, 0.717) is 23.8 Å². The van der Waals surface area contributed by atoms with E-state index in [2.05, 4.69) is 18.0 Å². The van der Waals surface area contributed by atoms with Crippen LogP contribution in [0.1, 0.15) is 44.7 Å². The number of hydrogen-bond donors (Lipinski definition) is 0. The monoisotopic (exact) mass is 353 g/mol. The molecule has 0 bridgehead atoms. The van der Waals surface area contributed by atoms with Gasteiger partial charge in [-0.1, -0.05) is 38.5 Å². The highest BCUT2D eigenvalue weighted by molar-refractivity contribution is 5.76. The topological polar surface area (TPSA) is 48.4 Å². The third-order valence-electron chi connectivity index (χ3n) is 3.97. The van der Waals surface area contributed by atoms with Crippen molar-refractivity contribution in [1.82, 2.24) is 4.98 Å². The van der Waals surface area contributed by atoms with Gasteiger partial charge in [0.15, 0.2) is 11.5 Å². The minimum atomic E-state index is 0.197. The van der Waals surface area contributed by atoms with Crippen molar-refractivity contribution in [1.29, 1.82) is 0 Å². The molecule has 1 atom stereocenters. The minimum absolute atomic E-state index is 0.197. The van der Waals surface area contributed by atoms with Crippen molar-refractivity contribution in [3.63, 3.8) is 0 Å². The van der Waals surface area contributed by atoms with E-state index in [1.54, 1.807) is 20.2 Å². The molecule has 0 radical (unpaired) electrons. The average molecular weight is 353 g/mol. The van der Waals surface area contributed by atoms with Crippen LogP contribution in [0.15, 0.2) is 42.6 Å². The molecule has 4 nitrogen and oxygen atoms in total. The number of methoxy groups -OCH3 is 1. The number of ketones is 1. The number of aryl methyl sites for hydroxylation is 1. The maximum absolute atomic E-state index is 11.1. The Morgan fingerprint density at radius 1 is 1.23 bits per heavy atom. The average Bonchev–Trinajstić information content (AvgIpc) is 2.62. The normalized spacial score (nSPS) is 12.2. The molecule has 26 heavy (non-hydrogen) atoms. The number of hydrogen-bond acceptors (Lipinski definition) is 4. The molecule has 0 saturated heterocycles. The molecule has 138 valence electrons. The van der Waals surface area contributed by atoms with Gasteiger partial charge in [-0.2, -0.15) is 0 Å². The van der Waals surface area contributed by atoms with Gasteiger partial charge in [0.25, 0.3) is 0 Å². The number of aromatic nitrogens is 1. The minimum Gasteiger partial charge on any atom is -0.493 e. The van der Waals surface area contributed by atoms with E-state index in [4.69, 9.17) is 9.47 Å². The number of nitrogens with zero attached hydrogens (tertiary/aromatic N) is 1. The van der Waals surface area contributed by atoms with Crippen LogP contribution < -0.4 is 9.47 Å². The Kier molecular flexibility index (Phi) is 7.39. The van der Waals surface area contributed by atoms with Gasteiger partial charge in [-0.05, 0) is 48.6 Å². The second-order valence-electron chi connectivity index (χ2n) is 6.51. The fourth-order valence-corrected chi connectivity index (χ4v) is 2.70. The van der Waals surface area contributed by atoms with Crippen LogP contribution in [0.25, 0.3) is 6.08 Å². The lowest BCUT2D eigenvalue weighted by Crippen LogP contribution is -1.97. The zero-order valence-electron chi connectivity index (χ0n) is 16.0. The molecule has 0 amide bonds. The van der Waals surface area contributed by atoms with Crippen molar-refractivity contribution < 1.29 is 14.3 Å². The van der Waals surface area contributed by atoms with E-state index < -0.39 is 0 Å². The van der Waals surface area contributed by atoms with Gasteiger partial charge in [-0.25, -0.2) is 4.98 Å². The van der Waals surface area contributed by atoms with Crippen LogP contribution in [0.4, 0.5) is 0 Å². The number of Topliss-reactive ketones (excluding diaryl/α,β-unsaturated/α-hetero) is 1. The Morgan fingerprint density at radius 2 is 2.04 bits per heavy atom. The molecule has 0 spiro atoms. The summed E-state index contributed by atoms with van der Waals surface area (Å²) in [5, 5.41) is 0. The standard InChI is InChI=1S/C22H27NO3/c1-5-6-18-9-11-20(21(14-18)25-4)26-22-12-10-19(15-23-22)8-7-16(2)13-17(3)24/h7-12,14-16H,5-6,13H2,1-4H3/b8-7+/t16-/m0/s1. The Bertz CT molecular complexity index is 750. The smallest absolute Gasteiger partial charge is 0.219 e. The van der Waals surface area contributed by atoms with Crippen LogP contribution >= 0.6 is 0 Å². The highest BCUT2D eigenvalue weighted by Crippen LogP contribution is 2.32. The largest absolute Gasteiger partial charge is 0.493 e. The molecule has 4 heteroatoms. The van der Waals surface area contributed by atoms with Gasteiger partial charge in [0.05, 0.1) is 7.11 Å². The van der Waals surface area contributed by atoms with E-state index in [1.807, 2.05) is 43.3 Å². The Labute approximate surface area is 155 Å². The maximum atomic E-state index is 11.1. The first-order valence-corrected chi connectivity index (χ1v) is 9.00. The van der Waals surface area contributed by atoms with Gasteiger partial charge in [-0.3, -0.25) is 0 Å². The maximum Gasteiger partial charge on any atom is 0.219 e. The Hall–Kier alpha value is -2.62. The molecule has 2 rings (SSSR count). The molecule has 1 heterocycles. The number of carbonyl (C=O) groups excluding carboxylic acids is 1. The second-order valence-corrected chi connectivity index (χ2v) is 6.51. The van der Waals surface area contributed by atoms with Crippen molar-refractivity contribution >= 4 is 11.9 Å². The lowest BCUT2D eigenvalue weighted by Gasteiger charge is -2.11. The zero-order chi connectivity index (χ0) is 18.9. The first kappa shape index (κ1) is 19.7. The first-order chi connectivity index (χ1) is 12.5. The van der Waals surface area contributed by atoms with Crippen LogP contribution in [0, 0.1) is 5.92 Å². The summed E-state index contributed by atoms with van der Waals surface area (Å²) in [6.07, 6.45) is 8.41. The van der Waals surface area contributed by atoms with Crippen molar-refractivity contribution in [2.24, 2.45) is 5.92 Å². The fourth-order valence-electron chi connectivity index (χ4n) is 2.70. The predicted molar refractivity (Wildman–Crippen MR) is 105 cm³/mol. The third-order valence-corrected chi connectivity index (χ3v) is 3.97. The summed E-state index contributed by atoms with van der Waals surface area (Å²) in [5.41, 5.74) is 2.20. The Morgan fingerprint density at radius 3 is 2.65 bits per heavy atom. The zero-order valence-corrected chi connectivity index (χ0v) is 16.0. The van der Waals surface area contributed by atoms with Gasteiger partial charge in [0.2, 0.25) is 5.88 Å². The highest BCUT2D eigenvalue weighted by atomic mass is 16.5. The number of carbonyl (C=O) groups is 1. The molecule has 1 aromatic carbocycles. The van der Waals surface area contributed by atoms with Crippen molar-refractivity contribution in [3.05, 3.63) is 53.7 Å². The van der Waals surface area contributed by atoms with E-state index in [9.17, 15) is 4.79 Å². The second kappa shape index (κ2) is 9.76. The summed E-state index contributed by atoms with van der Waals surface area (Å²) < 4.78 is 11.3. The highest BCUT2D eigenvalue weighted by Gasteiger charge is 2.08. The van der Waals surface area contributed by atoms with Crippen molar-refractivity contribution in [2.75, 3.05) is 7.11 Å².